The number of carbonyl (C=O) groups excluding carboxylic acids is 1. The summed E-state index contributed by atoms with van der Waals surface area (Å²) in [5, 5.41) is 28.1. The van der Waals surface area contributed by atoms with E-state index in [0.717, 1.165) is 24.1 Å². The van der Waals surface area contributed by atoms with Crippen molar-refractivity contribution in [3.8, 4) is 17.5 Å². The van der Waals surface area contributed by atoms with Crippen LogP contribution in [0, 0.1) is 21.4 Å². The molecule has 2 heterocycles. The van der Waals surface area contributed by atoms with Gasteiger partial charge in [-0.2, -0.15) is 10.2 Å². The number of aromatic nitrogens is 3. The highest BCUT2D eigenvalue weighted by molar-refractivity contribution is 5.99. The SMILES string of the molecule is N#Cc1ccc(C2C3=C(CCCC3=O)Nc3nc(-c4cccc([N+](=O)[O-])c4)nn32)cc1. The molecule has 5 rings (SSSR count). The van der Waals surface area contributed by atoms with E-state index in [1.807, 2.05) is 12.1 Å². The number of anilines is 1. The summed E-state index contributed by atoms with van der Waals surface area (Å²) in [6.07, 6.45) is 1.96. The van der Waals surface area contributed by atoms with Gasteiger partial charge in [0.1, 0.15) is 6.04 Å². The molecule has 0 saturated carbocycles. The van der Waals surface area contributed by atoms with Crippen LogP contribution in [0.25, 0.3) is 11.4 Å². The topological polar surface area (TPSA) is 127 Å². The summed E-state index contributed by atoms with van der Waals surface area (Å²) < 4.78 is 1.65. The molecule has 0 spiro atoms. The van der Waals surface area contributed by atoms with Crippen LogP contribution in [0.15, 0.2) is 59.8 Å². The highest BCUT2D eigenvalue weighted by Gasteiger charge is 2.37. The Morgan fingerprint density at radius 3 is 2.74 bits per heavy atom. The Bertz CT molecular complexity index is 1300. The van der Waals surface area contributed by atoms with Crippen molar-refractivity contribution in [1.29, 1.82) is 5.26 Å². The number of carbonyl (C=O) groups is 1. The first-order chi connectivity index (χ1) is 15.0. The molecular weight excluding hydrogens is 396 g/mol. The van der Waals surface area contributed by atoms with Crippen LogP contribution in [-0.2, 0) is 4.79 Å². The lowest BCUT2D eigenvalue weighted by molar-refractivity contribution is -0.384. The van der Waals surface area contributed by atoms with Crippen molar-refractivity contribution in [3.05, 3.63) is 81.0 Å². The maximum Gasteiger partial charge on any atom is 0.270 e. The van der Waals surface area contributed by atoms with Crippen molar-refractivity contribution in [2.24, 2.45) is 0 Å². The smallest absolute Gasteiger partial charge is 0.270 e. The zero-order valence-electron chi connectivity index (χ0n) is 16.3. The van der Waals surface area contributed by atoms with Crippen LogP contribution in [0.3, 0.4) is 0 Å². The number of nitro benzene ring substituents is 1. The number of nitrogens with zero attached hydrogens (tertiary/aromatic N) is 5. The van der Waals surface area contributed by atoms with E-state index in [1.54, 1.807) is 28.9 Å². The molecule has 0 bridgehead atoms. The molecule has 0 fully saturated rings. The van der Waals surface area contributed by atoms with Gasteiger partial charge in [-0.1, -0.05) is 24.3 Å². The second-order valence-corrected chi connectivity index (χ2v) is 7.44. The average Bonchev–Trinajstić information content (AvgIpc) is 3.22. The number of rotatable bonds is 3. The number of nitro groups is 1. The summed E-state index contributed by atoms with van der Waals surface area (Å²) >= 11 is 0. The summed E-state index contributed by atoms with van der Waals surface area (Å²) in [5.74, 6) is 0.864. The molecule has 2 aromatic carbocycles. The third-order valence-corrected chi connectivity index (χ3v) is 5.54. The Morgan fingerprint density at radius 1 is 1.19 bits per heavy atom. The third kappa shape index (κ3) is 3.14. The molecular formula is C22H16N6O3. The van der Waals surface area contributed by atoms with Gasteiger partial charge < -0.3 is 5.32 Å². The summed E-state index contributed by atoms with van der Waals surface area (Å²) in [5.41, 5.74) is 3.29. The predicted octanol–water partition coefficient (Wildman–Crippen LogP) is 3.75. The van der Waals surface area contributed by atoms with E-state index in [-0.39, 0.29) is 11.5 Å². The number of hydrogen-bond acceptors (Lipinski definition) is 7. The zero-order valence-corrected chi connectivity index (χ0v) is 16.3. The Kier molecular flexibility index (Phi) is 4.33. The van der Waals surface area contributed by atoms with E-state index in [0.29, 0.717) is 34.9 Å². The van der Waals surface area contributed by atoms with Crippen LogP contribution < -0.4 is 5.32 Å². The van der Waals surface area contributed by atoms with E-state index in [9.17, 15) is 14.9 Å². The molecule has 1 unspecified atom stereocenters. The number of allylic oxidation sites excluding steroid dienone is 2. The van der Waals surface area contributed by atoms with Crippen LogP contribution in [0.5, 0.6) is 0 Å². The van der Waals surface area contributed by atoms with Crippen molar-refractivity contribution in [2.45, 2.75) is 25.3 Å². The number of Topliss-reactive ketones (excluding diaryl/α,β-unsaturated/α-hetero) is 1. The van der Waals surface area contributed by atoms with Crippen LogP contribution >= 0.6 is 0 Å². The molecule has 9 heteroatoms. The van der Waals surface area contributed by atoms with E-state index in [1.165, 1.54) is 12.1 Å². The molecule has 0 amide bonds. The van der Waals surface area contributed by atoms with E-state index in [4.69, 9.17) is 5.26 Å². The van der Waals surface area contributed by atoms with Crippen LogP contribution in [0.2, 0.25) is 0 Å². The number of fused-ring (bicyclic) bond motifs is 1. The Balaban J connectivity index is 1.65. The third-order valence-electron chi connectivity index (χ3n) is 5.54. The number of benzene rings is 2. The van der Waals surface area contributed by atoms with Gasteiger partial charge in [-0.3, -0.25) is 14.9 Å². The minimum atomic E-state index is -0.480. The highest BCUT2D eigenvalue weighted by atomic mass is 16.6. The lowest BCUT2D eigenvalue weighted by atomic mass is 9.85. The second kappa shape index (κ2) is 7.18. The number of nitriles is 1. The number of nitrogens with one attached hydrogen (secondary N) is 1. The minimum absolute atomic E-state index is 0.0468. The number of ketones is 1. The lowest BCUT2D eigenvalue weighted by Crippen LogP contribution is -2.31. The van der Waals surface area contributed by atoms with Crippen molar-refractivity contribution >= 4 is 17.4 Å². The van der Waals surface area contributed by atoms with Crippen molar-refractivity contribution < 1.29 is 9.72 Å². The van der Waals surface area contributed by atoms with Gasteiger partial charge in [0.05, 0.1) is 16.6 Å². The predicted molar refractivity (Wildman–Crippen MR) is 111 cm³/mol. The van der Waals surface area contributed by atoms with Crippen LogP contribution in [-0.4, -0.2) is 25.5 Å². The number of hydrogen-bond donors (Lipinski definition) is 1. The molecule has 0 saturated heterocycles. The van der Waals surface area contributed by atoms with Gasteiger partial charge >= 0.3 is 0 Å². The maximum atomic E-state index is 12.9. The number of non-ortho nitro benzene ring substituents is 1. The van der Waals surface area contributed by atoms with Gasteiger partial charge in [0, 0.05) is 35.4 Å². The molecule has 9 nitrogen and oxygen atoms in total. The summed E-state index contributed by atoms with van der Waals surface area (Å²) in [4.78, 5) is 28.1. The van der Waals surface area contributed by atoms with Gasteiger partial charge in [0.25, 0.3) is 5.69 Å². The molecule has 3 aromatic rings. The Morgan fingerprint density at radius 2 is 2.00 bits per heavy atom. The standard InChI is InChI=1S/C22H16N6O3/c23-12-13-7-9-14(10-8-13)20-19-17(5-2-6-18(19)29)24-22-25-21(26-27(20)22)15-3-1-4-16(11-15)28(30)31/h1,3-4,7-11,20H,2,5-6H2,(H,24,25,26). The average molecular weight is 412 g/mol. The fourth-order valence-electron chi connectivity index (χ4n) is 4.09. The molecule has 0 radical (unpaired) electrons. The molecule has 1 N–H and O–H groups in total. The van der Waals surface area contributed by atoms with Gasteiger partial charge in [-0.15, -0.1) is 5.10 Å². The molecule has 31 heavy (non-hydrogen) atoms. The molecule has 1 aromatic heterocycles. The minimum Gasteiger partial charge on any atom is -0.328 e. The molecule has 1 aliphatic heterocycles. The maximum absolute atomic E-state index is 12.9. The molecule has 1 atom stereocenters. The Hall–Kier alpha value is -4.32. The fraction of sp³-hybridized carbons (Fsp3) is 0.182. The molecule has 1 aliphatic carbocycles. The van der Waals surface area contributed by atoms with Gasteiger partial charge in [0.15, 0.2) is 11.6 Å². The quantitative estimate of drug-likeness (QED) is 0.513. The van der Waals surface area contributed by atoms with Gasteiger partial charge in [0.2, 0.25) is 5.95 Å². The van der Waals surface area contributed by atoms with Crippen molar-refractivity contribution in [3.63, 3.8) is 0 Å². The first-order valence-corrected chi connectivity index (χ1v) is 9.80. The van der Waals surface area contributed by atoms with Crippen LogP contribution in [0.1, 0.15) is 36.4 Å². The van der Waals surface area contributed by atoms with Crippen molar-refractivity contribution in [1.82, 2.24) is 14.8 Å². The highest BCUT2D eigenvalue weighted by Crippen LogP contribution is 2.40. The Labute approximate surface area is 176 Å². The molecule has 2 aliphatic rings. The summed E-state index contributed by atoms with van der Waals surface area (Å²) in [6, 6.07) is 14.8. The first-order valence-electron chi connectivity index (χ1n) is 9.80. The fourth-order valence-corrected chi connectivity index (χ4v) is 4.09. The normalized spacial score (nSPS) is 17.4. The second-order valence-electron chi connectivity index (χ2n) is 7.44. The first kappa shape index (κ1) is 18.7. The van der Waals surface area contributed by atoms with Gasteiger partial charge in [-0.05, 0) is 30.5 Å². The van der Waals surface area contributed by atoms with E-state index >= 15 is 0 Å². The van der Waals surface area contributed by atoms with Crippen LogP contribution in [0.4, 0.5) is 11.6 Å². The lowest BCUT2D eigenvalue weighted by Gasteiger charge is -2.32. The monoisotopic (exact) mass is 412 g/mol. The van der Waals surface area contributed by atoms with Gasteiger partial charge in [-0.25, -0.2) is 4.68 Å². The van der Waals surface area contributed by atoms with E-state index < -0.39 is 11.0 Å². The zero-order chi connectivity index (χ0) is 21.5. The largest absolute Gasteiger partial charge is 0.328 e. The summed E-state index contributed by atoms with van der Waals surface area (Å²) in [6.45, 7) is 0. The van der Waals surface area contributed by atoms with Crippen molar-refractivity contribution in [2.75, 3.05) is 5.32 Å². The summed E-state index contributed by atoms with van der Waals surface area (Å²) in [7, 11) is 0. The molecule has 152 valence electrons. The van der Waals surface area contributed by atoms with E-state index in [2.05, 4.69) is 21.5 Å².